The summed E-state index contributed by atoms with van der Waals surface area (Å²) >= 11 is 0. The second-order valence-electron chi connectivity index (χ2n) is 2.32. The Morgan fingerprint density at radius 1 is 1.70 bits per heavy atom. The Kier molecular flexibility index (Phi) is 3.79. The highest BCUT2D eigenvalue weighted by atomic mass is 16.5. The summed E-state index contributed by atoms with van der Waals surface area (Å²) in [6.45, 7) is 5.67. The van der Waals surface area contributed by atoms with Gasteiger partial charge in [0.2, 0.25) is 0 Å². The number of carbonyl (C=O) groups is 1. The summed E-state index contributed by atoms with van der Waals surface area (Å²) in [6, 6.07) is -0.383. The number of rotatable bonds is 2. The molecule has 60 valence electrons. The van der Waals surface area contributed by atoms with Gasteiger partial charge in [0, 0.05) is 12.6 Å². The van der Waals surface area contributed by atoms with Crippen LogP contribution >= 0.6 is 0 Å². The molecular formula is C6H14N2O2. The molecule has 0 fully saturated rings. The molecule has 0 aliphatic carbocycles. The molecule has 0 aliphatic rings. The molecule has 0 unspecified atom stereocenters. The third-order valence-electron chi connectivity index (χ3n) is 0.946. The number of hydroxylamine groups is 2. The van der Waals surface area contributed by atoms with Crippen LogP contribution < -0.4 is 5.32 Å². The van der Waals surface area contributed by atoms with E-state index >= 15 is 0 Å². The van der Waals surface area contributed by atoms with Crippen molar-refractivity contribution < 1.29 is 10.0 Å². The van der Waals surface area contributed by atoms with Crippen LogP contribution in [0.3, 0.4) is 0 Å². The van der Waals surface area contributed by atoms with Gasteiger partial charge in [-0.1, -0.05) is 0 Å². The maximum atomic E-state index is 10.7. The van der Waals surface area contributed by atoms with E-state index in [-0.39, 0.29) is 6.04 Å². The summed E-state index contributed by atoms with van der Waals surface area (Å²) in [7, 11) is 0. The van der Waals surface area contributed by atoms with Crippen LogP contribution in [0, 0.1) is 0 Å². The summed E-state index contributed by atoms with van der Waals surface area (Å²) in [4.78, 5) is 10.7. The molecule has 0 radical (unpaired) electrons. The molecule has 2 amide bonds. The molecule has 2 N–H and O–H groups in total. The summed E-state index contributed by atoms with van der Waals surface area (Å²) in [5.41, 5.74) is 0. The largest absolute Gasteiger partial charge is 0.341 e. The van der Waals surface area contributed by atoms with Crippen molar-refractivity contribution in [2.24, 2.45) is 0 Å². The van der Waals surface area contributed by atoms with Crippen LogP contribution in [-0.4, -0.2) is 28.9 Å². The standard InChI is InChI=1S/C6H14N2O2/c1-4-8(10)6(9)7-5(2)3/h5,10H,4H2,1-3H3,(H,7,9). The Balaban J connectivity index is 3.62. The number of carbonyl (C=O) groups excluding carboxylic acids is 1. The maximum absolute atomic E-state index is 10.7. The fraction of sp³-hybridized carbons (Fsp3) is 0.833. The van der Waals surface area contributed by atoms with Crippen molar-refractivity contribution in [3.05, 3.63) is 0 Å². The minimum atomic E-state index is -0.447. The molecule has 0 aromatic rings. The molecule has 0 aromatic carbocycles. The van der Waals surface area contributed by atoms with Crippen LogP contribution in [0.5, 0.6) is 0 Å². The smallest absolute Gasteiger partial charge is 0.334 e. The number of hydrogen-bond donors (Lipinski definition) is 2. The van der Waals surface area contributed by atoms with Crippen LogP contribution in [0.2, 0.25) is 0 Å². The van der Waals surface area contributed by atoms with E-state index in [0.29, 0.717) is 11.6 Å². The highest BCUT2D eigenvalue weighted by Crippen LogP contribution is 1.84. The Bertz CT molecular complexity index is 114. The predicted octanol–water partition coefficient (Wildman–Crippen LogP) is 0.815. The van der Waals surface area contributed by atoms with Gasteiger partial charge in [0.1, 0.15) is 0 Å². The normalized spacial score (nSPS) is 9.70. The van der Waals surface area contributed by atoms with Crippen LogP contribution in [0.1, 0.15) is 20.8 Å². The van der Waals surface area contributed by atoms with Gasteiger partial charge in [-0.05, 0) is 20.8 Å². The van der Waals surface area contributed by atoms with Crippen molar-refractivity contribution in [2.45, 2.75) is 26.8 Å². The topological polar surface area (TPSA) is 52.6 Å². The molecule has 0 bridgehead atoms. The number of urea groups is 1. The minimum Gasteiger partial charge on any atom is -0.334 e. The second kappa shape index (κ2) is 4.11. The fourth-order valence-corrected chi connectivity index (χ4v) is 0.465. The summed E-state index contributed by atoms with van der Waals surface area (Å²) in [5.74, 6) is 0. The zero-order valence-electron chi connectivity index (χ0n) is 6.59. The first-order valence-corrected chi connectivity index (χ1v) is 3.34. The Labute approximate surface area is 60.8 Å². The van der Waals surface area contributed by atoms with Gasteiger partial charge in [-0.15, -0.1) is 0 Å². The molecule has 4 heteroatoms. The summed E-state index contributed by atoms with van der Waals surface area (Å²) < 4.78 is 0. The van der Waals surface area contributed by atoms with E-state index < -0.39 is 6.03 Å². The Hall–Kier alpha value is -0.770. The molecule has 0 aromatic heterocycles. The third kappa shape index (κ3) is 3.29. The van der Waals surface area contributed by atoms with E-state index in [4.69, 9.17) is 5.21 Å². The molecule has 0 spiro atoms. The molecular weight excluding hydrogens is 132 g/mol. The van der Waals surface area contributed by atoms with Gasteiger partial charge < -0.3 is 5.32 Å². The number of amides is 2. The predicted molar refractivity (Wildman–Crippen MR) is 37.8 cm³/mol. The van der Waals surface area contributed by atoms with Gasteiger partial charge in [0.05, 0.1) is 0 Å². The van der Waals surface area contributed by atoms with Gasteiger partial charge >= 0.3 is 6.03 Å². The quantitative estimate of drug-likeness (QED) is 0.447. The SMILES string of the molecule is CCN(O)C(=O)NC(C)C. The van der Waals surface area contributed by atoms with Crippen molar-refractivity contribution in [1.29, 1.82) is 0 Å². The van der Waals surface area contributed by atoms with E-state index in [0.717, 1.165) is 0 Å². The molecule has 0 saturated heterocycles. The first-order chi connectivity index (χ1) is 4.57. The van der Waals surface area contributed by atoms with Crippen LogP contribution in [-0.2, 0) is 0 Å². The fourth-order valence-electron chi connectivity index (χ4n) is 0.465. The van der Waals surface area contributed by atoms with E-state index in [9.17, 15) is 4.79 Å². The van der Waals surface area contributed by atoms with Crippen molar-refractivity contribution in [3.8, 4) is 0 Å². The summed E-state index contributed by atoms with van der Waals surface area (Å²) in [6.07, 6.45) is 0. The highest BCUT2D eigenvalue weighted by molar-refractivity contribution is 5.72. The average Bonchev–Trinajstić information content (AvgIpc) is 1.85. The lowest BCUT2D eigenvalue weighted by atomic mass is 10.4. The average molecular weight is 146 g/mol. The zero-order valence-corrected chi connectivity index (χ0v) is 6.59. The van der Waals surface area contributed by atoms with Crippen LogP contribution in [0.25, 0.3) is 0 Å². The van der Waals surface area contributed by atoms with E-state index in [1.54, 1.807) is 6.92 Å². The van der Waals surface area contributed by atoms with Crippen molar-refractivity contribution in [3.63, 3.8) is 0 Å². The lowest BCUT2D eigenvalue weighted by Gasteiger charge is -2.15. The van der Waals surface area contributed by atoms with E-state index in [1.807, 2.05) is 13.8 Å². The molecule has 10 heavy (non-hydrogen) atoms. The number of nitrogens with zero attached hydrogens (tertiary/aromatic N) is 1. The first kappa shape index (κ1) is 9.23. The van der Waals surface area contributed by atoms with Crippen molar-refractivity contribution >= 4 is 6.03 Å². The van der Waals surface area contributed by atoms with Gasteiger partial charge in [0.25, 0.3) is 0 Å². The minimum absolute atomic E-state index is 0.0636. The van der Waals surface area contributed by atoms with Gasteiger partial charge in [0.15, 0.2) is 0 Å². The molecule has 0 aliphatic heterocycles. The molecule has 0 heterocycles. The van der Waals surface area contributed by atoms with Crippen molar-refractivity contribution in [1.82, 2.24) is 10.4 Å². The van der Waals surface area contributed by atoms with Gasteiger partial charge in [-0.25, -0.2) is 9.86 Å². The molecule has 4 nitrogen and oxygen atoms in total. The van der Waals surface area contributed by atoms with Crippen LogP contribution in [0.15, 0.2) is 0 Å². The van der Waals surface area contributed by atoms with Crippen LogP contribution in [0.4, 0.5) is 4.79 Å². The maximum Gasteiger partial charge on any atom is 0.341 e. The first-order valence-electron chi connectivity index (χ1n) is 3.34. The summed E-state index contributed by atoms with van der Waals surface area (Å²) in [5, 5.41) is 12.0. The van der Waals surface area contributed by atoms with Gasteiger partial charge in [-0.2, -0.15) is 0 Å². The third-order valence-corrected chi connectivity index (χ3v) is 0.946. The zero-order chi connectivity index (χ0) is 8.15. The molecule has 0 saturated carbocycles. The Morgan fingerprint density at radius 3 is 2.50 bits per heavy atom. The lowest BCUT2D eigenvalue weighted by molar-refractivity contribution is -0.0391. The molecule has 0 atom stereocenters. The van der Waals surface area contributed by atoms with Gasteiger partial charge in [-0.3, -0.25) is 5.21 Å². The second-order valence-corrected chi connectivity index (χ2v) is 2.32. The number of hydrogen-bond acceptors (Lipinski definition) is 2. The van der Waals surface area contributed by atoms with E-state index in [1.165, 1.54) is 0 Å². The monoisotopic (exact) mass is 146 g/mol. The number of nitrogens with one attached hydrogen (secondary N) is 1. The molecule has 0 rings (SSSR count). The highest BCUT2D eigenvalue weighted by Gasteiger charge is 2.07. The lowest BCUT2D eigenvalue weighted by Crippen LogP contribution is -2.40. The Morgan fingerprint density at radius 2 is 2.20 bits per heavy atom. The van der Waals surface area contributed by atoms with Crippen molar-refractivity contribution in [2.75, 3.05) is 6.54 Å². The van der Waals surface area contributed by atoms with E-state index in [2.05, 4.69) is 5.32 Å².